The number of hydrogen-bond donors (Lipinski definition) is 1. The standard InChI is InChI=1S/C14H11NO2/c16-13(17)8-10-5-6-15-12-7-9-3-1-2-4-11(9)14(10)12/h1-6H,7-8H2,(H,16,17). The van der Waals surface area contributed by atoms with Crippen molar-refractivity contribution in [1.29, 1.82) is 0 Å². The highest BCUT2D eigenvalue weighted by molar-refractivity contribution is 5.82. The highest BCUT2D eigenvalue weighted by Crippen LogP contribution is 2.37. The molecule has 1 aromatic heterocycles. The predicted octanol–water partition coefficient (Wildman–Crippen LogP) is 2.28. The van der Waals surface area contributed by atoms with E-state index in [2.05, 4.69) is 11.1 Å². The lowest BCUT2D eigenvalue weighted by Gasteiger charge is -2.06. The number of benzene rings is 1. The number of carboxylic acids is 1. The van der Waals surface area contributed by atoms with Crippen LogP contribution in [0.5, 0.6) is 0 Å². The molecule has 0 radical (unpaired) electrons. The van der Waals surface area contributed by atoms with E-state index in [-0.39, 0.29) is 6.42 Å². The molecule has 2 aromatic rings. The minimum Gasteiger partial charge on any atom is -0.481 e. The van der Waals surface area contributed by atoms with Crippen molar-refractivity contribution in [3.63, 3.8) is 0 Å². The third-order valence-corrected chi connectivity index (χ3v) is 3.10. The molecule has 0 fully saturated rings. The highest BCUT2D eigenvalue weighted by Gasteiger charge is 2.22. The summed E-state index contributed by atoms with van der Waals surface area (Å²) in [7, 11) is 0. The van der Waals surface area contributed by atoms with Gasteiger partial charge in [-0.2, -0.15) is 0 Å². The van der Waals surface area contributed by atoms with Crippen LogP contribution in [0.1, 0.15) is 16.8 Å². The van der Waals surface area contributed by atoms with Crippen molar-refractivity contribution >= 4 is 5.97 Å². The smallest absolute Gasteiger partial charge is 0.307 e. The van der Waals surface area contributed by atoms with E-state index in [1.165, 1.54) is 5.56 Å². The number of carboxylic acid groups (broad SMARTS) is 1. The number of aromatic nitrogens is 1. The Hall–Kier alpha value is -2.16. The molecule has 1 aromatic carbocycles. The van der Waals surface area contributed by atoms with Crippen molar-refractivity contribution < 1.29 is 9.90 Å². The molecule has 0 unspecified atom stereocenters. The molecule has 0 atom stereocenters. The molecule has 0 amide bonds. The van der Waals surface area contributed by atoms with Crippen LogP contribution < -0.4 is 0 Å². The van der Waals surface area contributed by atoms with Crippen molar-refractivity contribution in [3.05, 3.63) is 53.3 Å². The first-order valence-electron chi connectivity index (χ1n) is 5.52. The van der Waals surface area contributed by atoms with Gasteiger partial charge in [-0.3, -0.25) is 9.78 Å². The molecular weight excluding hydrogens is 214 g/mol. The van der Waals surface area contributed by atoms with E-state index in [9.17, 15) is 4.79 Å². The average molecular weight is 225 g/mol. The molecular formula is C14H11NO2. The van der Waals surface area contributed by atoms with Gasteiger partial charge >= 0.3 is 5.97 Å². The Morgan fingerprint density at radius 1 is 1.29 bits per heavy atom. The number of nitrogens with zero attached hydrogens (tertiary/aromatic N) is 1. The van der Waals surface area contributed by atoms with Crippen molar-refractivity contribution in [2.45, 2.75) is 12.8 Å². The van der Waals surface area contributed by atoms with Crippen LogP contribution in [0.4, 0.5) is 0 Å². The monoisotopic (exact) mass is 225 g/mol. The van der Waals surface area contributed by atoms with Crippen LogP contribution in [-0.2, 0) is 17.6 Å². The highest BCUT2D eigenvalue weighted by atomic mass is 16.4. The first-order valence-corrected chi connectivity index (χ1v) is 5.52. The second kappa shape index (κ2) is 3.70. The van der Waals surface area contributed by atoms with E-state index >= 15 is 0 Å². The lowest BCUT2D eigenvalue weighted by Crippen LogP contribution is -2.02. The number of aliphatic carboxylic acids is 1. The SMILES string of the molecule is O=C(O)Cc1ccnc2c1-c1ccccc1C2. The van der Waals surface area contributed by atoms with Crippen molar-refractivity contribution in [2.24, 2.45) is 0 Å². The molecule has 3 heteroatoms. The molecule has 84 valence electrons. The fourth-order valence-corrected chi connectivity index (χ4v) is 2.42. The maximum atomic E-state index is 10.9. The van der Waals surface area contributed by atoms with Crippen LogP contribution in [0, 0.1) is 0 Å². The molecule has 0 spiro atoms. The van der Waals surface area contributed by atoms with E-state index in [0.717, 1.165) is 28.8 Å². The number of hydrogen-bond acceptors (Lipinski definition) is 2. The van der Waals surface area contributed by atoms with E-state index in [1.54, 1.807) is 12.3 Å². The zero-order valence-electron chi connectivity index (χ0n) is 9.18. The van der Waals surface area contributed by atoms with Gasteiger partial charge in [0.2, 0.25) is 0 Å². The van der Waals surface area contributed by atoms with Gasteiger partial charge in [0.05, 0.1) is 12.1 Å². The van der Waals surface area contributed by atoms with Gasteiger partial charge in [-0.05, 0) is 22.8 Å². The molecule has 0 saturated heterocycles. The lowest BCUT2D eigenvalue weighted by molar-refractivity contribution is -0.136. The van der Waals surface area contributed by atoms with Crippen LogP contribution in [0.3, 0.4) is 0 Å². The van der Waals surface area contributed by atoms with Crippen LogP contribution in [-0.4, -0.2) is 16.1 Å². The molecule has 1 aliphatic carbocycles. The Balaban J connectivity index is 2.19. The van der Waals surface area contributed by atoms with Gasteiger partial charge in [-0.15, -0.1) is 0 Å². The van der Waals surface area contributed by atoms with E-state index in [0.29, 0.717) is 0 Å². The summed E-state index contributed by atoms with van der Waals surface area (Å²) in [6.45, 7) is 0. The van der Waals surface area contributed by atoms with Crippen LogP contribution in [0.15, 0.2) is 36.5 Å². The second-order valence-electron chi connectivity index (χ2n) is 4.20. The number of carbonyl (C=O) groups is 1. The Kier molecular flexibility index (Phi) is 2.18. The summed E-state index contributed by atoms with van der Waals surface area (Å²) in [5.74, 6) is -0.803. The summed E-state index contributed by atoms with van der Waals surface area (Å²) in [4.78, 5) is 15.2. The third kappa shape index (κ3) is 1.60. The summed E-state index contributed by atoms with van der Waals surface area (Å²) in [5.41, 5.74) is 5.22. The molecule has 0 bridgehead atoms. The maximum absolute atomic E-state index is 10.9. The van der Waals surface area contributed by atoms with Crippen molar-refractivity contribution in [2.75, 3.05) is 0 Å². The summed E-state index contributed by atoms with van der Waals surface area (Å²) < 4.78 is 0. The van der Waals surface area contributed by atoms with Gasteiger partial charge in [-0.1, -0.05) is 24.3 Å². The lowest BCUT2D eigenvalue weighted by atomic mass is 10.0. The van der Waals surface area contributed by atoms with Gasteiger partial charge in [-0.25, -0.2) is 0 Å². The minimum absolute atomic E-state index is 0.0547. The van der Waals surface area contributed by atoms with Gasteiger partial charge in [0.15, 0.2) is 0 Å². The molecule has 0 aliphatic heterocycles. The van der Waals surface area contributed by atoms with Crippen molar-refractivity contribution in [3.8, 4) is 11.1 Å². The zero-order chi connectivity index (χ0) is 11.8. The van der Waals surface area contributed by atoms with E-state index < -0.39 is 5.97 Å². The molecule has 1 heterocycles. The molecule has 3 rings (SSSR count). The molecule has 1 aliphatic rings. The largest absolute Gasteiger partial charge is 0.481 e. The molecule has 17 heavy (non-hydrogen) atoms. The third-order valence-electron chi connectivity index (χ3n) is 3.10. The fraction of sp³-hybridized carbons (Fsp3) is 0.143. The minimum atomic E-state index is -0.803. The summed E-state index contributed by atoms with van der Waals surface area (Å²) >= 11 is 0. The first kappa shape index (κ1) is 10.0. The normalized spacial score (nSPS) is 12.0. The number of fused-ring (bicyclic) bond motifs is 3. The number of rotatable bonds is 2. The quantitative estimate of drug-likeness (QED) is 0.728. The topological polar surface area (TPSA) is 50.2 Å². The molecule has 1 N–H and O–H groups in total. The van der Waals surface area contributed by atoms with Gasteiger partial charge < -0.3 is 5.11 Å². The van der Waals surface area contributed by atoms with Gasteiger partial charge in [0, 0.05) is 18.2 Å². The summed E-state index contributed by atoms with van der Waals surface area (Å²) in [6.07, 6.45) is 2.56. The molecule has 0 saturated carbocycles. The van der Waals surface area contributed by atoms with Crippen LogP contribution >= 0.6 is 0 Å². The molecule has 3 nitrogen and oxygen atoms in total. The summed E-state index contributed by atoms with van der Waals surface area (Å²) in [6, 6.07) is 9.89. The van der Waals surface area contributed by atoms with Gasteiger partial charge in [0.25, 0.3) is 0 Å². The van der Waals surface area contributed by atoms with Crippen LogP contribution in [0.2, 0.25) is 0 Å². The Bertz CT molecular complexity index is 605. The van der Waals surface area contributed by atoms with E-state index in [4.69, 9.17) is 5.11 Å². The summed E-state index contributed by atoms with van der Waals surface area (Å²) in [5, 5.41) is 8.93. The maximum Gasteiger partial charge on any atom is 0.307 e. The fourth-order valence-electron chi connectivity index (χ4n) is 2.42. The van der Waals surface area contributed by atoms with Crippen LogP contribution in [0.25, 0.3) is 11.1 Å². The Labute approximate surface area is 98.8 Å². The average Bonchev–Trinajstić information content (AvgIpc) is 2.67. The van der Waals surface area contributed by atoms with Gasteiger partial charge in [0.1, 0.15) is 0 Å². The predicted molar refractivity (Wildman–Crippen MR) is 63.8 cm³/mol. The van der Waals surface area contributed by atoms with E-state index in [1.807, 2.05) is 18.2 Å². The zero-order valence-corrected chi connectivity index (χ0v) is 9.18. The van der Waals surface area contributed by atoms with Crippen molar-refractivity contribution in [1.82, 2.24) is 4.98 Å². The Morgan fingerprint density at radius 2 is 2.12 bits per heavy atom. The Morgan fingerprint density at radius 3 is 2.94 bits per heavy atom. The second-order valence-corrected chi connectivity index (χ2v) is 4.20. The number of pyridine rings is 1. The first-order chi connectivity index (χ1) is 8.25.